The molecule has 0 aliphatic carbocycles. The third kappa shape index (κ3) is 5.17. The van der Waals surface area contributed by atoms with Crippen LogP contribution in [0.4, 0.5) is 0 Å². The molecule has 0 amide bonds. The van der Waals surface area contributed by atoms with Crippen molar-refractivity contribution in [2.45, 2.75) is 44.4 Å². The lowest BCUT2D eigenvalue weighted by Crippen LogP contribution is -2.02. The molecule has 0 aromatic heterocycles. The maximum Gasteiger partial charge on any atom is 0.261 e. The molecule has 0 saturated carbocycles. The van der Waals surface area contributed by atoms with E-state index in [0.717, 1.165) is 37.0 Å². The predicted molar refractivity (Wildman–Crippen MR) is 83.1 cm³/mol. The summed E-state index contributed by atoms with van der Waals surface area (Å²) < 4.78 is 28.5. The molecule has 1 aromatic carbocycles. The Balaban J connectivity index is 2.64. The summed E-state index contributed by atoms with van der Waals surface area (Å²) in [5.74, 6) is 0.718. The Labute approximate surface area is 126 Å². The second-order valence-corrected chi connectivity index (χ2v) is 7.34. The van der Waals surface area contributed by atoms with Gasteiger partial charge in [0.2, 0.25) is 0 Å². The number of aryl methyl sites for hydroxylation is 2. The lowest BCUT2D eigenvalue weighted by Gasteiger charge is -2.12. The van der Waals surface area contributed by atoms with Crippen LogP contribution in [0, 0.1) is 13.8 Å². The van der Waals surface area contributed by atoms with Gasteiger partial charge in [-0.25, -0.2) is 8.42 Å². The van der Waals surface area contributed by atoms with Gasteiger partial charge in [-0.15, -0.1) is 6.58 Å². The molecule has 1 rings (SSSR count). The highest BCUT2D eigenvalue weighted by Crippen LogP contribution is 2.28. The summed E-state index contributed by atoms with van der Waals surface area (Å²) in [6, 6.07) is 3.29. The molecule has 3 nitrogen and oxygen atoms in total. The molecule has 0 N–H and O–H groups in total. The van der Waals surface area contributed by atoms with Crippen molar-refractivity contribution >= 4 is 19.7 Å². The van der Waals surface area contributed by atoms with Gasteiger partial charge >= 0.3 is 0 Å². The van der Waals surface area contributed by atoms with Crippen LogP contribution < -0.4 is 4.74 Å². The number of allylic oxidation sites excluding steroid dienone is 1. The summed E-state index contributed by atoms with van der Waals surface area (Å²) in [6.45, 7) is 7.85. The molecule has 0 aliphatic heterocycles. The van der Waals surface area contributed by atoms with Crippen molar-refractivity contribution in [3.8, 4) is 5.75 Å². The summed E-state index contributed by atoms with van der Waals surface area (Å²) in [5.41, 5.74) is 1.38. The molecule has 112 valence electrons. The lowest BCUT2D eigenvalue weighted by atomic mass is 10.1. The smallest absolute Gasteiger partial charge is 0.261 e. The normalized spacial score (nSPS) is 11.3. The van der Waals surface area contributed by atoms with Gasteiger partial charge in [0, 0.05) is 10.7 Å². The van der Waals surface area contributed by atoms with E-state index in [-0.39, 0.29) is 4.90 Å². The van der Waals surface area contributed by atoms with Gasteiger partial charge in [-0.1, -0.05) is 6.08 Å². The van der Waals surface area contributed by atoms with Crippen LogP contribution in [0.2, 0.25) is 0 Å². The van der Waals surface area contributed by atoms with Crippen molar-refractivity contribution in [2.75, 3.05) is 6.61 Å². The number of hydrogen-bond acceptors (Lipinski definition) is 3. The minimum absolute atomic E-state index is 0.148. The highest BCUT2D eigenvalue weighted by Gasteiger charge is 2.15. The second-order valence-electron chi connectivity index (χ2n) is 4.81. The van der Waals surface area contributed by atoms with Crippen LogP contribution in [-0.4, -0.2) is 15.0 Å². The van der Waals surface area contributed by atoms with E-state index in [2.05, 4.69) is 6.58 Å². The van der Waals surface area contributed by atoms with Gasteiger partial charge in [-0.2, -0.15) is 0 Å². The molecule has 0 heterocycles. The van der Waals surface area contributed by atoms with E-state index in [1.807, 2.05) is 13.0 Å². The molecule has 0 atom stereocenters. The molecule has 0 radical (unpaired) electrons. The van der Waals surface area contributed by atoms with Crippen molar-refractivity contribution in [1.82, 2.24) is 0 Å². The van der Waals surface area contributed by atoms with Crippen molar-refractivity contribution in [3.05, 3.63) is 35.9 Å². The molecule has 0 saturated heterocycles. The van der Waals surface area contributed by atoms with Crippen LogP contribution in [0.15, 0.2) is 29.7 Å². The molecule has 1 aromatic rings. The van der Waals surface area contributed by atoms with Crippen LogP contribution in [0.5, 0.6) is 5.75 Å². The summed E-state index contributed by atoms with van der Waals surface area (Å²) >= 11 is 0. The van der Waals surface area contributed by atoms with Crippen LogP contribution in [-0.2, 0) is 9.05 Å². The summed E-state index contributed by atoms with van der Waals surface area (Å²) in [4.78, 5) is 0.148. The molecule has 0 spiro atoms. The largest absolute Gasteiger partial charge is 0.493 e. The first-order chi connectivity index (χ1) is 9.36. The van der Waals surface area contributed by atoms with E-state index in [0.29, 0.717) is 12.2 Å². The maximum absolute atomic E-state index is 11.4. The van der Waals surface area contributed by atoms with Gasteiger partial charge in [-0.05, 0) is 62.8 Å². The molecule has 0 aliphatic rings. The van der Waals surface area contributed by atoms with Crippen LogP contribution in [0.25, 0.3) is 0 Å². The Morgan fingerprint density at radius 1 is 1.20 bits per heavy atom. The van der Waals surface area contributed by atoms with Crippen molar-refractivity contribution in [1.29, 1.82) is 0 Å². The fourth-order valence-corrected chi connectivity index (χ4v) is 3.19. The Kier molecular flexibility index (Phi) is 6.56. The first-order valence-corrected chi connectivity index (χ1v) is 8.97. The number of rotatable bonds is 8. The number of ether oxygens (including phenoxy) is 1. The minimum Gasteiger partial charge on any atom is -0.493 e. The molecule has 5 heteroatoms. The highest BCUT2D eigenvalue weighted by atomic mass is 35.7. The number of benzene rings is 1. The SMILES string of the molecule is C=CCCCCCOc1cc(C)c(S(=O)(=O)Cl)cc1C. The van der Waals surface area contributed by atoms with Crippen LogP contribution >= 0.6 is 10.7 Å². The fourth-order valence-electron chi connectivity index (χ4n) is 1.93. The second kappa shape index (κ2) is 7.70. The van der Waals surface area contributed by atoms with E-state index in [4.69, 9.17) is 15.4 Å². The predicted octanol–water partition coefficient (Wildman–Crippen LogP) is 4.36. The topological polar surface area (TPSA) is 43.4 Å². The van der Waals surface area contributed by atoms with E-state index >= 15 is 0 Å². The average Bonchev–Trinajstić information content (AvgIpc) is 2.35. The van der Waals surface area contributed by atoms with E-state index < -0.39 is 9.05 Å². The summed E-state index contributed by atoms with van der Waals surface area (Å²) in [6.07, 6.45) is 6.13. The Bertz CT molecular complexity index is 565. The zero-order valence-corrected chi connectivity index (χ0v) is 13.6. The van der Waals surface area contributed by atoms with Gasteiger partial charge in [0.15, 0.2) is 0 Å². The summed E-state index contributed by atoms with van der Waals surface area (Å²) in [7, 11) is 1.69. The fraction of sp³-hybridized carbons (Fsp3) is 0.467. The van der Waals surface area contributed by atoms with Gasteiger partial charge in [0.25, 0.3) is 9.05 Å². The van der Waals surface area contributed by atoms with E-state index in [9.17, 15) is 8.42 Å². The summed E-state index contributed by atoms with van der Waals surface area (Å²) in [5, 5.41) is 0. The number of hydrogen-bond donors (Lipinski definition) is 0. The quantitative estimate of drug-likeness (QED) is 0.406. The Morgan fingerprint density at radius 3 is 2.50 bits per heavy atom. The lowest BCUT2D eigenvalue weighted by molar-refractivity contribution is 0.303. The molecule has 20 heavy (non-hydrogen) atoms. The van der Waals surface area contributed by atoms with Gasteiger partial charge in [0.1, 0.15) is 5.75 Å². The van der Waals surface area contributed by atoms with Crippen LogP contribution in [0.1, 0.15) is 36.8 Å². The molecule has 0 fully saturated rings. The number of unbranched alkanes of at least 4 members (excludes halogenated alkanes) is 3. The van der Waals surface area contributed by atoms with Crippen molar-refractivity contribution < 1.29 is 13.2 Å². The monoisotopic (exact) mass is 316 g/mol. The van der Waals surface area contributed by atoms with Crippen molar-refractivity contribution in [2.24, 2.45) is 0 Å². The van der Waals surface area contributed by atoms with Gasteiger partial charge in [-0.3, -0.25) is 0 Å². The average molecular weight is 317 g/mol. The molecule has 0 unspecified atom stereocenters. The maximum atomic E-state index is 11.4. The van der Waals surface area contributed by atoms with Crippen molar-refractivity contribution in [3.63, 3.8) is 0 Å². The Hall–Kier alpha value is -1.00. The first kappa shape index (κ1) is 17.1. The highest BCUT2D eigenvalue weighted by molar-refractivity contribution is 8.13. The van der Waals surface area contributed by atoms with E-state index in [1.165, 1.54) is 0 Å². The zero-order chi connectivity index (χ0) is 15.2. The third-order valence-electron chi connectivity index (χ3n) is 3.05. The Morgan fingerprint density at radius 2 is 1.90 bits per heavy atom. The zero-order valence-electron chi connectivity index (χ0n) is 12.0. The standard InChI is InChI=1S/C15H21ClO3S/c1-4-5-6-7-8-9-19-14-10-13(3)15(11-12(14)2)20(16,17)18/h4,10-11H,1,5-9H2,2-3H3. The van der Waals surface area contributed by atoms with Gasteiger partial charge in [0.05, 0.1) is 11.5 Å². The minimum atomic E-state index is -3.70. The molecule has 0 bridgehead atoms. The first-order valence-electron chi connectivity index (χ1n) is 6.66. The van der Waals surface area contributed by atoms with Gasteiger partial charge < -0.3 is 4.74 Å². The molecular formula is C15H21ClO3S. The third-order valence-corrected chi connectivity index (χ3v) is 4.51. The van der Waals surface area contributed by atoms with E-state index in [1.54, 1.807) is 19.1 Å². The van der Waals surface area contributed by atoms with Crippen LogP contribution in [0.3, 0.4) is 0 Å². The molecular weight excluding hydrogens is 296 g/mol. The number of halogens is 1.